The van der Waals surface area contributed by atoms with Crippen LogP contribution in [0, 0.1) is 0 Å². The van der Waals surface area contributed by atoms with E-state index in [2.05, 4.69) is 15.5 Å². The Kier molecular flexibility index (Phi) is 3.12. The second-order valence-corrected chi connectivity index (χ2v) is 6.70. The van der Waals surface area contributed by atoms with Gasteiger partial charge in [0.05, 0.1) is 22.5 Å². The number of carbonyl (C=O) groups excluding carboxylic acids is 2. The van der Waals surface area contributed by atoms with Crippen LogP contribution in [0.15, 0.2) is 35.1 Å². The van der Waals surface area contributed by atoms with Crippen LogP contribution in [0.4, 0.5) is 5.82 Å². The van der Waals surface area contributed by atoms with Gasteiger partial charge in [-0.3, -0.25) is 29.4 Å². The topological polar surface area (TPSA) is 123 Å². The molecular formula is C19H15N5O3. The zero-order chi connectivity index (χ0) is 18.7. The number of H-pyrrole nitrogens is 1. The highest BCUT2D eigenvalue weighted by Crippen LogP contribution is 2.31. The number of hydrogen-bond acceptors (Lipinski definition) is 5. The third-order valence-corrected chi connectivity index (χ3v) is 5.16. The maximum Gasteiger partial charge on any atom is 0.262 e. The summed E-state index contributed by atoms with van der Waals surface area (Å²) in [6.45, 7) is 0. The molecule has 0 radical (unpaired) electrons. The van der Waals surface area contributed by atoms with Crippen molar-refractivity contribution in [2.24, 2.45) is 0 Å². The third kappa shape index (κ3) is 2.16. The number of benzene rings is 1. The van der Waals surface area contributed by atoms with E-state index in [1.165, 1.54) is 15.8 Å². The maximum atomic E-state index is 12.5. The minimum absolute atomic E-state index is 0.0162. The maximum absolute atomic E-state index is 12.5. The smallest absolute Gasteiger partial charge is 0.262 e. The highest BCUT2D eigenvalue weighted by atomic mass is 16.2. The van der Waals surface area contributed by atoms with Crippen LogP contribution in [0.5, 0.6) is 0 Å². The lowest BCUT2D eigenvalue weighted by atomic mass is 10.1. The summed E-state index contributed by atoms with van der Waals surface area (Å²) < 4.78 is 1.23. The van der Waals surface area contributed by atoms with Crippen molar-refractivity contribution < 1.29 is 9.59 Å². The summed E-state index contributed by atoms with van der Waals surface area (Å²) >= 11 is 0. The number of hydrogen-bond donors (Lipinski definition) is 3. The van der Waals surface area contributed by atoms with E-state index in [4.69, 9.17) is 5.73 Å². The number of pyridine rings is 1. The molecular weight excluding hydrogens is 346 g/mol. The molecule has 3 heterocycles. The Morgan fingerprint density at radius 1 is 1.04 bits per heavy atom. The third-order valence-electron chi connectivity index (χ3n) is 5.16. The van der Waals surface area contributed by atoms with Crippen molar-refractivity contribution in [3.8, 4) is 16.9 Å². The molecule has 8 nitrogen and oxygen atoms in total. The number of anilines is 1. The van der Waals surface area contributed by atoms with Gasteiger partial charge < -0.3 is 5.73 Å². The minimum atomic E-state index is -0.603. The normalized spacial score (nSPS) is 15.0. The van der Waals surface area contributed by atoms with Gasteiger partial charge in [0.15, 0.2) is 0 Å². The molecule has 0 unspecified atom stereocenters. The first kappa shape index (κ1) is 15.6. The predicted octanol–water partition coefficient (Wildman–Crippen LogP) is 1.18. The van der Waals surface area contributed by atoms with Crippen molar-refractivity contribution in [2.75, 3.05) is 5.73 Å². The molecule has 0 saturated carbocycles. The number of nitrogen functional groups attached to an aromatic ring is 1. The fourth-order valence-electron chi connectivity index (χ4n) is 3.87. The monoisotopic (exact) mass is 361 g/mol. The van der Waals surface area contributed by atoms with Crippen LogP contribution in [-0.4, -0.2) is 26.6 Å². The van der Waals surface area contributed by atoms with Gasteiger partial charge in [-0.15, -0.1) is 0 Å². The zero-order valence-electron chi connectivity index (χ0n) is 14.2. The largest absolute Gasteiger partial charge is 0.384 e. The summed E-state index contributed by atoms with van der Waals surface area (Å²) in [6.07, 6.45) is 3.14. The number of aryl methyl sites for hydroxylation is 1. The second-order valence-electron chi connectivity index (χ2n) is 6.70. The highest BCUT2D eigenvalue weighted by Gasteiger charge is 2.31. The van der Waals surface area contributed by atoms with Crippen molar-refractivity contribution >= 4 is 17.6 Å². The van der Waals surface area contributed by atoms with Crippen LogP contribution in [0.1, 0.15) is 38.4 Å². The first-order chi connectivity index (χ1) is 13.0. The lowest BCUT2D eigenvalue weighted by Gasteiger charge is -2.12. The Labute approximate surface area is 153 Å². The molecule has 2 aliphatic rings. The predicted molar refractivity (Wildman–Crippen MR) is 97.9 cm³/mol. The summed E-state index contributed by atoms with van der Waals surface area (Å²) in [5.74, 6) is -1.24. The molecule has 1 aliphatic heterocycles. The van der Waals surface area contributed by atoms with Gasteiger partial charge in [-0.25, -0.2) is 0 Å². The molecule has 2 aromatic heterocycles. The number of amides is 2. The van der Waals surface area contributed by atoms with Crippen LogP contribution in [0.3, 0.4) is 0 Å². The van der Waals surface area contributed by atoms with Crippen molar-refractivity contribution in [1.82, 2.24) is 20.1 Å². The van der Waals surface area contributed by atoms with Crippen molar-refractivity contribution in [3.63, 3.8) is 0 Å². The Balaban J connectivity index is 1.60. The minimum Gasteiger partial charge on any atom is -0.384 e. The number of fused-ring (bicyclic) bond motifs is 2. The number of aromatic amines is 1. The van der Waals surface area contributed by atoms with E-state index >= 15 is 0 Å². The molecule has 1 aromatic carbocycles. The lowest BCUT2D eigenvalue weighted by molar-refractivity contribution is 0.0880. The number of aromatic nitrogens is 3. The van der Waals surface area contributed by atoms with E-state index < -0.39 is 17.4 Å². The van der Waals surface area contributed by atoms with E-state index in [0.717, 1.165) is 36.6 Å². The van der Waals surface area contributed by atoms with Gasteiger partial charge in [0, 0.05) is 22.9 Å². The molecule has 0 fully saturated rings. The molecule has 134 valence electrons. The first-order valence-electron chi connectivity index (χ1n) is 8.62. The fourth-order valence-corrected chi connectivity index (χ4v) is 3.87. The average Bonchev–Trinajstić information content (AvgIpc) is 3.31. The molecule has 0 atom stereocenters. The molecule has 0 spiro atoms. The number of nitrogens with one attached hydrogen (secondary N) is 2. The van der Waals surface area contributed by atoms with Gasteiger partial charge in [0.1, 0.15) is 5.82 Å². The van der Waals surface area contributed by atoms with Crippen LogP contribution in [0.2, 0.25) is 0 Å². The highest BCUT2D eigenvalue weighted by molar-refractivity contribution is 6.23. The van der Waals surface area contributed by atoms with E-state index in [1.807, 2.05) is 12.1 Å². The zero-order valence-corrected chi connectivity index (χ0v) is 14.2. The van der Waals surface area contributed by atoms with Crippen molar-refractivity contribution in [2.45, 2.75) is 19.3 Å². The molecule has 8 heteroatoms. The van der Waals surface area contributed by atoms with E-state index in [0.29, 0.717) is 5.69 Å². The second kappa shape index (κ2) is 5.41. The molecule has 27 heavy (non-hydrogen) atoms. The summed E-state index contributed by atoms with van der Waals surface area (Å²) in [5, 5.41) is 9.65. The summed E-state index contributed by atoms with van der Waals surface area (Å²) in [5.41, 5.74) is 10.5. The van der Waals surface area contributed by atoms with E-state index in [-0.39, 0.29) is 16.9 Å². The molecule has 4 N–H and O–H groups in total. The standard InChI is InChI=1S/C19H15N5O3/c20-17-15-12(18(26)21-19(15)27)8-14(25)24(17)10-6-4-9(5-7-10)16-11-2-1-3-13(11)22-23-16/h4-8H,1-3,20H2,(H,22,23)(H,21,26,27). The number of nitrogens with two attached hydrogens (primary N) is 1. The Morgan fingerprint density at radius 2 is 1.81 bits per heavy atom. The van der Waals surface area contributed by atoms with Crippen molar-refractivity contribution in [1.29, 1.82) is 0 Å². The number of rotatable bonds is 2. The SMILES string of the molecule is Nc1c2c(cc(=O)n1-c1ccc(-c3n[nH]c4c3CCC4)cc1)C(=O)NC2=O. The Hall–Kier alpha value is -3.68. The van der Waals surface area contributed by atoms with Crippen LogP contribution in [-0.2, 0) is 12.8 Å². The fraction of sp³-hybridized carbons (Fsp3) is 0.158. The molecule has 0 saturated heterocycles. The van der Waals surface area contributed by atoms with E-state index in [9.17, 15) is 14.4 Å². The number of imide groups is 1. The van der Waals surface area contributed by atoms with Crippen LogP contribution < -0.4 is 16.6 Å². The number of carbonyl (C=O) groups is 2. The summed E-state index contributed by atoms with van der Waals surface area (Å²) in [4.78, 5) is 36.2. The average molecular weight is 361 g/mol. The van der Waals surface area contributed by atoms with E-state index in [1.54, 1.807) is 12.1 Å². The van der Waals surface area contributed by atoms with Gasteiger partial charge >= 0.3 is 0 Å². The van der Waals surface area contributed by atoms with Gasteiger partial charge in [0.25, 0.3) is 17.4 Å². The molecule has 5 rings (SSSR count). The first-order valence-corrected chi connectivity index (χ1v) is 8.62. The Morgan fingerprint density at radius 3 is 2.59 bits per heavy atom. The van der Waals surface area contributed by atoms with Crippen molar-refractivity contribution in [3.05, 3.63) is 63.1 Å². The lowest BCUT2D eigenvalue weighted by Crippen LogP contribution is -2.24. The Bertz CT molecular complexity index is 1190. The van der Waals surface area contributed by atoms with Gasteiger partial charge in [0.2, 0.25) is 0 Å². The number of nitrogens with zero attached hydrogens (tertiary/aromatic N) is 2. The van der Waals surface area contributed by atoms with Gasteiger partial charge in [-0.2, -0.15) is 5.10 Å². The van der Waals surface area contributed by atoms with Crippen LogP contribution in [0.25, 0.3) is 16.9 Å². The van der Waals surface area contributed by atoms with Crippen LogP contribution >= 0.6 is 0 Å². The summed E-state index contributed by atoms with van der Waals surface area (Å²) in [6, 6.07) is 8.39. The molecule has 2 amide bonds. The molecule has 0 bridgehead atoms. The van der Waals surface area contributed by atoms with Gasteiger partial charge in [-0.05, 0) is 31.4 Å². The molecule has 1 aliphatic carbocycles. The van der Waals surface area contributed by atoms with Gasteiger partial charge in [-0.1, -0.05) is 12.1 Å². The summed E-state index contributed by atoms with van der Waals surface area (Å²) in [7, 11) is 0. The quantitative estimate of drug-likeness (QED) is 0.592. The molecule has 3 aromatic rings.